The molecule has 0 bridgehead atoms. The Hall–Kier alpha value is -0.640. The maximum absolute atomic E-state index is 10.3. The molecule has 0 aliphatic heterocycles. The van der Waals surface area contributed by atoms with Gasteiger partial charge in [0.1, 0.15) is 0 Å². The zero-order chi connectivity index (χ0) is 13.3. The molecular formula is C15H17BrOS. The van der Waals surface area contributed by atoms with Crippen LogP contribution in [0.3, 0.4) is 0 Å². The number of hydrogen-bond donors (Lipinski definition) is 1. The number of halogens is 1. The quantitative estimate of drug-likeness (QED) is 0.866. The zero-order valence-electron chi connectivity index (χ0n) is 10.8. The molecule has 1 aromatic heterocycles. The van der Waals surface area contributed by atoms with Gasteiger partial charge < -0.3 is 5.11 Å². The van der Waals surface area contributed by atoms with Gasteiger partial charge >= 0.3 is 0 Å². The van der Waals surface area contributed by atoms with E-state index in [1.54, 1.807) is 11.3 Å². The van der Waals surface area contributed by atoms with E-state index >= 15 is 0 Å². The van der Waals surface area contributed by atoms with Crippen LogP contribution in [0, 0.1) is 20.8 Å². The predicted octanol–water partition coefficient (Wildman–Crippen LogP) is 4.71. The lowest BCUT2D eigenvalue weighted by molar-refractivity contribution is 0.182. The minimum Gasteiger partial charge on any atom is -0.387 e. The normalized spacial score (nSPS) is 12.7. The van der Waals surface area contributed by atoms with E-state index in [-0.39, 0.29) is 0 Å². The monoisotopic (exact) mass is 324 g/mol. The molecular weight excluding hydrogens is 308 g/mol. The summed E-state index contributed by atoms with van der Waals surface area (Å²) in [4.78, 5) is 1.02. The Morgan fingerprint density at radius 1 is 1.17 bits per heavy atom. The lowest BCUT2D eigenvalue weighted by Gasteiger charge is -2.14. The standard InChI is InChI=1S/C15H17BrOS/c1-9-6-10(2)12(11(3)7-9)8-13(17)14-4-5-15(16)18-14/h4-7,13,17H,8H2,1-3H3. The van der Waals surface area contributed by atoms with Gasteiger partial charge in [0.2, 0.25) is 0 Å². The van der Waals surface area contributed by atoms with E-state index in [0.717, 1.165) is 8.66 Å². The highest BCUT2D eigenvalue weighted by molar-refractivity contribution is 9.11. The van der Waals surface area contributed by atoms with Crippen LogP contribution in [-0.4, -0.2) is 5.11 Å². The smallest absolute Gasteiger partial charge is 0.0922 e. The maximum atomic E-state index is 10.3. The molecule has 1 heterocycles. The molecule has 1 atom stereocenters. The average molecular weight is 325 g/mol. The van der Waals surface area contributed by atoms with Crippen LogP contribution in [0.4, 0.5) is 0 Å². The molecule has 0 spiro atoms. The van der Waals surface area contributed by atoms with Crippen LogP contribution >= 0.6 is 27.3 Å². The number of aliphatic hydroxyl groups is 1. The number of rotatable bonds is 3. The van der Waals surface area contributed by atoms with E-state index in [0.29, 0.717) is 6.42 Å². The van der Waals surface area contributed by atoms with Crippen LogP contribution in [-0.2, 0) is 6.42 Å². The van der Waals surface area contributed by atoms with Crippen molar-refractivity contribution in [2.75, 3.05) is 0 Å². The third-order valence-electron chi connectivity index (χ3n) is 3.16. The number of aliphatic hydroxyl groups excluding tert-OH is 1. The first-order valence-electron chi connectivity index (χ1n) is 5.97. The summed E-state index contributed by atoms with van der Waals surface area (Å²) in [5.74, 6) is 0. The van der Waals surface area contributed by atoms with Gasteiger partial charge in [-0.2, -0.15) is 0 Å². The minimum absolute atomic E-state index is 0.415. The molecule has 0 aliphatic rings. The first kappa shape index (κ1) is 13.8. The highest BCUT2D eigenvalue weighted by Gasteiger charge is 2.14. The topological polar surface area (TPSA) is 20.2 Å². The predicted molar refractivity (Wildman–Crippen MR) is 81.3 cm³/mol. The molecule has 2 aromatic rings. The molecule has 0 saturated carbocycles. The van der Waals surface area contributed by atoms with Gasteiger partial charge in [-0.3, -0.25) is 0 Å². The van der Waals surface area contributed by atoms with Crippen molar-refractivity contribution in [3.63, 3.8) is 0 Å². The Morgan fingerprint density at radius 3 is 2.28 bits per heavy atom. The van der Waals surface area contributed by atoms with Crippen molar-refractivity contribution < 1.29 is 5.11 Å². The number of thiophene rings is 1. The van der Waals surface area contributed by atoms with Crippen LogP contribution in [0.1, 0.15) is 33.2 Å². The summed E-state index contributed by atoms with van der Waals surface area (Å²) in [6, 6.07) is 8.33. The molecule has 3 heteroatoms. The lowest BCUT2D eigenvalue weighted by Crippen LogP contribution is -2.03. The van der Waals surface area contributed by atoms with Crippen molar-refractivity contribution in [1.82, 2.24) is 0 Å². The van der Waals surface area contributed by atoms with Crippen molar-refractivity contribution >= 4 is 27.3 Å². The number of hydrogen-bond acceptors (Lipinski definition) is 2. The molecule has 0 radical (unpaired) electrons. The van der Waals surface area contributed by atoms with Gasteiger partial charge in [0.25, 0.3) is 0 Å². The Bertz CT molecular complexity index is 536. The number of benzene rings is 1. The summed E-state index contributed by atoms with van der Waals surface area (Å²) in [7, 11) is 0. The molecule has 0 saturated heterocycles. The van der Waals surface area contributed by atoms with E-state index in [1.165, 1.54) is 22.3 Å². The lowest BCUT2D eigenvalue weighted by atomic mass is 9.95. The molecule has 1 nitrogen and oxygen atoms in total. The van der Waals surface area contributed by atoms with E-state index in [1.807, 2.05) is 12.1 Å². The summed E-state index contributed by atoms with van der Waals surface area (Å²) >= 11 is 5.03. The first-order valence-corrected chi connectivity index (χ1v) is 7.58. The van der Waals surface area contributed by atoms with Crippen LogP contribution < -0.4 is 0 Å². The molecule has 1 aromatic carbocycles. The second-order valence-electron chi connectivity index (χ2n) is 4.74. The van der Waals surface area contributed by atoms with Crippen molar-refractivity contribution in [1.29, 1.82) is 0 Å². The van der Waals surface area contributed by atoms with E-state index in [9.17, 15) is 5.11 Å². The Labute approximate surface area is 121 Å². The third kappa shape index (κ3) is 3.02. The average Bonchev–Trinajstić information content (AvgIpc) is 2.70. The highest BCUT2D eigenvalue weighted by Crippen LogP contribution is 2.30. The van der Waals surface area contributed by atoms with Crippen LogP contribution in [0.2, 0.25) is 0 Å². The Morgan fingerprint density at radius 2 is 1.78 bits per heavy atom. The van der Waals surface area contributed by atoms with Gasteiger partial charge in [0.15, 0.2) is 0 Å². The Kier molecular flexibility index (Phi) is 4.25. The molecule has 0 aliphatic carbocycles. The van der Waals surface area contributed by atoms with Crippen molar-refractivity contribution in [2.24, 2.45) is 0 Å². The van der Waals surface area contributed by atoms with Gasteiger partial charge in [-0.15, -0.1) is 11.3 Å². The van der Waals surface area contributed by atoms with E-state index in [4.69, 9.17) is 0 Å². The minimum atomic E-state index is -0.415. The van der Waals surface area contributed by atoms with Gasteiger partial charge in [-0.05, 0) is 65.5 Å². The third-order valence-corrected chi connectivity index (χ3v) is 4.89. The highest BCUT2D eigenvalue weighted by atomic mass is 79.9. The van der Waals surface area contributed by atoms with Crippen LogP contribution in [0.15, 0.2) is 28.1 Å². The van der Waals surface area contributed by atoms with E-state index < -0.39 is 6.10 Å². The molecule has 1 N–H and O–H groups in total. The summed E-state index contributed by atoms with van der Waals surface area (Å²) in [5.41, 5.74) is 5.07. The van der Waals surface area contributed by atoms with Crippen LogP contribution in [0.5, 0.6) is 0 Å². The largest absolute Gasteiger partial charge is 0.387 e. The summed E-state index contributed by atoms with van der Waals surface area (Å²) in [5, 5.41) is 10.3. The van der Waals surface area contributed by atoms with Crippen molar-refractivity contribution in [3.05, 3.63) is 55.2 Å². The summed E-state index contributed by atoms with van der Waals surface area (Å²) in [6.07, 6.45) is 0.270. The summed E-state index contributed by atoms with van der Waals surface area (Å²) < 4.78 is 1.06. The molecule has 0 amide bonds. The van der Waals surface area contributed by atoms with Crippen molar-refractivity contribution in [3.8, 4) is 0 Å². The molecule has 18 heavy (non-hydrogen) atoms. The summed E-state index contributed by atoms with van der Waals surface area (Å²) in [6.45, 7) is 6.34. The maximum Gasteiger partial charge on any atom is 0.0922 e. The fourth-order valence-electron chi connectivity index (χ4n) is 2.33. The van der Waals surface area contributed by atoms with Crippen molar-refractivity contribution in [2.45, 2.75) is 33.3 Å². The van der Waals surface area contributed by atoms with Gasteiger partial charge in [0.05, 0.1) is 9.89 Å². The fraction of sp³-hybridized carbons (Fsp3) is 0.333. The first-order chi connectivity index (χ1) is 8.47. The fourth-order valence-corrected chi connectivity index (χ4v) is 3.74. The molecule has 0 fully saturated rings. The van der Waals surface area contributed by atoms with Gasteiger partial charge in [-0.25, -0.2) is 0 Å². The number of aryl methyl sites for hydroxylation is 3. The molecule has 96 valence electrons. The Balaban J connectivity index is 2.24. The second-order valence-corrected chi connectivity index (χ2v) is 7.23. The zero-order valence-corrected chi connectivity index (χ0v) is 13.2. The van der Waals surface area contributed by atoms with Crippen LogP contribution in [0.25, 0.3) is 0 Å². The SMILES string of the molecule is Cc1cc(C)c(CC(O)c2ccc(Br)s2)c(C)c1. The van der Waals surface area contributed by atoms with Gasteiger partial charge in [0, 0.05) is 11.3 Å². The second kappa shape index (κ2) is 5.55. The van der Waals surface area contributed by atoms with Gasteiger partial charge in [-0.1, -0.05) is 17.7 Å². The van der Waals surface area contributed by atoms with E-state index in [2.05, 4.69) is 48.8 Å². The molecule has 1 unspecified atom stereocenters. The molecule has 2 rings (SSSR count).